The Morgan fingerprint density at radius 1 is 0.800 bits per heavy atom. The van der Waals surface area contributed by atoms with Crippen LogP contribution in [0.4, 0.5) is 8.78 Å². The van der Waals surface area contributed by atoms with E-state index < -0.39 is 23.3 Å². The Morgan fingerprint density at radius 2 is 1.31 bits per heavy atom. The van der Waals surface area contributed by atoms with Crippen molar-refractivity contribution in [2.24, 2.45) is 0 Å². The van der Waals surface area contributed by atoms with Crippen molar-refractivity contribution >= 4 is 5.91 Å². The number of hydrogen-bond donors (Lipinski definition) is 1. The summed E-state index contributed by atoms with van der Waals surface area (Å²) in [7, 11) is 0. The zero-order valence-corrected chi connectivity index (χ0v) is 18.7. The Bertz CT molecular complexity index is 1460. The lowest BCUT2D eigenvalue weighted by Gasteiger charge is -2.15. The van der Waals surface area contributed by atoms with Gasteiger partial charge in [0.1, 0.15) is 17.7 Å². The van der Waals surface area contributed by atoms with Crippen molar-refractivity contribution in [1.29, 1.82) is 0 Å². The molecule has 0 aliphatic rings. The first-order valence-corrected chi connectivity index (χ1v) is 10.8. The van der Waals surface area contributed by atoms with Gasteiger partial charge < -0.3 is 5.32 Å². The van der Waals surface area contributed by atoms with Gasteiger partial charge in [-0.05, 0) is 67.6 Å². The molecule has 0 aliphatic carbocycles. The number of benzene rings is 2. The molecule has 0 spiro atoms. The first-order chi connectivity index (χ1) is 16.8. The molecule has 35 heavy (non-hydrogen) atoms. The largest absolute Gasteiger partial charge is 0.352 e. The van der Waals surface area contributed by atoms with Crippen LogP contribution in [0, 0.1) is 11.6 Å². The number of carbonyl (C=O) groups excluding carboxylic acids is 1. The quantitative estimate of drug-likeness (QED) is 0.441. The molecule has 2 aromatic carbocycles. The number of nitrogens with zero attached hydrogens (tertiary/aromatic N) is 4. The molecule has 4 aromatic rings. The molecule has 0 radical (unpaired) electrons. The van der Waals surface area contributed by atoms with Crippen molar-refractivity contribution < 1.29 is 13.6 Å². The molecular formula is C25H21F2N5O3. The van der Waals surface area contributed by atoms with Gasteiger partial charge in [-0.1, -0.05) is 0 Å². The van der Waals surface area contributed by atoms with Gasteiger partial charge in [-0.15, -0.1) is 0 Å². The van der Waals surface area contributed by atoms with E-state index >= 15 is 0 Å². The highest BCUT2D eigenvalue weighted by Crippen LogP contribution is 2.17. The van der Waals surface area contributed by atoms with E-state index in [9.17, 15) is 23.2 Å². The molecule has 1 amide bonds. The standard InChI is InChI=1S/C25H21F2N5O3/c1-16(32-24(34)13-11-22(30-32)18-4-8-20(27)9-5-18)25(35)28-14-15-31-23(33)12-10-21(29-31)17-2-6-19(26)7-3-17/h2-13,16H,14-15H2,1H3,(H,28,35). The smallest absolute Gasteiger partial charge is 0.267 e. The van der Waals surface area contributed by atoms with Gasteiger partial charge in [0.05, 0.1) is 17.9 Å². The summed E-state index contributed by atoms with van der Waals surface area (Å²) in [6.45, 7) is 1.69. The summed E-state index contributed by atoms with van der Waals surface area (Å²) in [5.41, 5.74) is 1.31. The molecule has 0 fully saturated rings. The molecule has 1 N–H and O–H groups in total. The maximum atomic E-state index is 13.2. The number of carbonyl (C=O) groups is 1. The maximum Gasteiger partial charge on any atom is 0.267 e. The third kappa shape index (κ3) is 5.55. The Balaban J connectivity index is 1.44. The number of rotatable bonds is 7. The Morgan fingerprint density at radius 3 is 1.89 bits per heavy atom. The minimum atomic E-state index is -0.932. The van der Waals surface area contributed by atoms with Crippen LogP contribution in [0.15, 0.2) is 82.4 Å². The van der Waals surface area contributed by atoms with Gasteiger partial charge in [0.25, 0.3) is 11.1 Å². The maximum absolute atomic E-state index is 13.2. The highest BCUT2D eigenvalue weighted by molar-refractivity contribution is 5.79. The van der Waals surface area contributed by atoms with Gasteiger partial charge in [-0.2, -0.15) is 10.2 Å². The SMILES string of the molecule is CC(C(=O)NCCn1nc(-c2ccc(F)cc2)ccc1=O)n1nc(-c2ccc(F)cc2)ccc1=O. The molecule has 4 rings (SSSR count). The van der Waals surface area contributed by atoms with Crippen LogP contribution in [0.3, 0.4) is 0 Å². The summed E-state index contributed by atoms with van der Waals surface area (Å²) in [4.78, 5) is 37.2. The second-order valence-corrected chi connectivity index (χ2v) is 7.76. The lowest BCUT2D eigenvalue weighted by molar-refractivity contribution is -0.124. The van der Waals surface area contributed by atoms with Crippen LogP contribution in [0.1, 0.15) is 13.0 Å². The minimum Gasteiger partial charge on any atom is -0.352 e. The van der Waals surface area contributed by atoms with E-state index in [1.54, 1.807) is 18.2 Å². The first kappa shape index (κ1) is 23.7. The molecule has 8 nitrogen and oxygen atoms in total. The summed E-state index contributed by atoms with van der Waals surface area (Å²) >= 11 is 0. The summed E-state index contributed by atoms with van der Waals surface area (Å²) in [6, 6.07) is 16.1. The van der Waals surface area contributed by atoms with E-state index in [1.165, 1.54) is 66.2 Å². The van der Waals surface area contributed by atoms with Crippen molar-refractivity contribution in [1.82, 2.24) is 24.9 Å². The summed E-state index contributed by atoms with van der Waals surface area (Å²) in [5.74, 6) is -1.25. The van der Waals surface area contributed by atoms with Gasteiger partial charge >= 0.3 is 0 Å². The van der Waals surface area contributed by atoms with E-state index in [4.69, 9.17) is 0 Å². The Kier molecular flexibility index (Phi) is 6.91. The van der Waals surface area contributed by atoms with Crippen molar-refractivity contribution in [2.75, 3.05) is 6.54 Å². The number of amides is 1. The molecule has 1 atom stereocenters. The third-order valence-corrected chi connectivity index (χ3v) is 5.34. The fourth-order valence-corrected chi connectivity index (χ4v) is 3.40. The van der Waals surface area contributed by atoms with Gasteiger partial charge in [0.15, 0.2) is 0 Å². The van der Waals surface area contributed by atoms with E-state index in [2.05, 4.69) is 15.5 Å². The average molecular weight is 477 g/mol. The zero-order valence-electron chi connectivity index (χ0n) is 18.7. The molecule has 10 heteroatoms. The van der Waals surface area contributed by atoms with Crippen molar-refractivity contribution in [3.05, 3.63) is 105 Å². The predicted molar refractivity (Wildman–Crippen MR) is 126 cm³/mol. The molecule has 0 saturated carbocycles. The predicted octanol–water partition coefficient (Wildman–Crippen LogP) is 2.79. The Hall–Kier alpha value is -4.47. The normalized spacial score (nSPS) is 11.7. The van der Waals surface area contributed by atoms with Gasteiger partial charge in [0, 0.05) is 29.8 Å². The van der Waals surface area contributed by atoms with Crippen LogP contribution in [-0.2, 0) is 11.3 Å². The van der Waals surface area contributed by atoms with Crippen LogP contribution in [0.5, 0.6) is 0 Å². The van der Waals surface area contributed by atoms with Crippen molar-refractivity contribution in [3.63, 3.8) is 0 Å². The average Bonchev–Trinajstić information content (AvgIpc) is 2.86. The molecule has 2 aromatic heterocycles. The number of halogens is 2. The summed E-state index contributed by atoms with van der Waals surface area (Å²) < 4.78 is 28.6. The van der Waals surface area contributed by atoms with Crippen LogP contribution in [0.2, 0.25) is 0 Å². The fourth-order valence-electron chi connectivity index (χ4n) is 3.40. The van der Waals surface area contributed by atoms with Gasteiger partial charge in [-0.3, -0.25) is 14.4 Å². The fraction of sp³-hybridized carbons (Fsp3) is 0.160. The monoisotopic (exact) mass is 477 g/mol. The third-order valence-electron chi connectivity index (χ3n) is 5.34. The van der Waals surface area contributed by atoms with Crippen molar-refractivity contribution in [2.45, 2.75) is 19.5 Å². The summed E-state index contributed by atoms with van der Waals surface area (Å²) in [6.07, 6.45) is 0. The number of nitrogens with one attached hydrogen (secondary N) is 1. The van der Waals surface area contributed by atoms with Crippen molar-refractivity contribution in [3.8, 4) is 22.5 Å². The van der Waals surface area contributed by atoms with E-state index in [-0.39, 0.29) is 24.5 Å². The molecule has 0 bridgehead atoms. The first-order valence-electron chi connectivity index (χ1n) is 10.8. The van der Waals surface area contributed by atoms with Gasteiger partial charge in [0.2, 0.25) is 5.91 Å². The number of aromatic nitrogens is 4. The summed E-state index contributed by atoms with van der Waals surface area (Å²) in [5, 5.41) is 11.2. The molecule has 178 valence electrons. The van der Waals surface area contributed by atoms with Crippen LogP contribution < -0.4 is 16.4 Å². The van der Waals surface area contributed by atoms with Gasteiger partial charge in [-0.25, -0.2) is 18.1 Å². The molecule has 0 aliphatic heterocycles. The van der Waals surface area contributed by atoms with E-state index in [0.717, 1.165) is 4.68 Å². The second-order valence-electron chi connectivity index (χ2n) is 7.76. The zero-order chi connectivity index (χ0) is 24.9. The molecule has 1 unspecified atom stereocenters. The van der Waals surface area contributed by atoms with E-state index in [1.807, 2.05) is 0 Å². The van der Waals surface area contributed by atoms with Crippen LogP contribution in [0.25, 0.3) is 22.5 Å². The number of hydrogen-bond acceptors (Lipinski definition) is 5. The Labute approximate surface area is 198 Å². The lowest BCUT2D eigenvalue weighted by Crippen LogP contribution is -2.39. The van der Waals surface area contributed by atoms with Crippen LogP contribution >= 0.6 is 0 Å². The highest BCUT2D eigenvalue weighted by Gasteiger charge is 2.18. The molecule has 0 saturated heterocycles. The molecular weight excluding hydrogens is 456 g/mol. The van der Waals surface area contributed by atoms with E-state index in [0.29, 0.717) is 22.5 Å². The second kappa shape index (κ2) is 10.2. The topological polar surface area (TPSA) is 98.9 Å². The lowest BCUT2D eigenvalue weighted by atomic mass is 10.1. The molecule has 2 heterocycles. The van der Waals surface area contributed by atoms with Crippen LogP contribution in [-0.4, -0.2) is 32.0 Å². The highest BCUT2D eigenvalue weighted by atomic mass is 19.1. The minimum absolute atomic E-state index is 0.0787.